The lowest BCUT2D eigenvalue weighted by atomic mass is 9.85. The minimum atomic E-state index is 0.222. The first-order valence-corrected chi connectivity index (χ1v) is 6.07. The zero-order chi connectivity index (χ0) is 11.8. The minimum absolute atomic E-state index is 0.222. The van der Waals surface area contributed by atoms with Crippen LogP contribution in [0.3, 0.4) is 0 Å². The zero-order valence-corrected chi connectivity index (χ0v) is 10.4. The Morgan fingerprint density at radius 3 is 2.56 bits per heavy atom. The van der Waals surface area contributed by atoms with Gasteiger partial charge in [0, 0.05) is 11.5 Å². The molecular weight excluding hydrogens is 198 g/mol. The van der Waals surface area contributed by atoms with Crippen molar-refractivity contribution in [3.63, 3.8) is 0 Å². The van der Waals surface area contributed by atoms with Gasteiger partial charge in [0.15, 0.2) is 0 Å². The van der Waals surface area contributed by atoms with E-state index >= 15 is 0 Å². The first-order valence-electron chi connectivity index (χ1n) is 6.07. The summed E-state index contributed by atoms with van der Waals surface area (Å²) in [5.74, 6) is 1.01. The largest absolute Gasteiger partial charge is 0.496 e. The molecule has 1 aromatic rings. The third-order valence-corrected chi connectivity index (χ3v) is 3.90. The predicted octanol–water partition coefficient (Wildman–Crippen LogP) is 2.64. The minimum Gasteiger partial charge on any atom is -0.496 e. The van der Waals surface area contributed by atoms with Gasteiger partial charge in [-0.1, -0.05) is 19.1 Å². The summed E-state index contributed by atoms with van der Waals surface area (Å²) in [6, 6.07) is 6.57. The Balaban J connectivity index is 2.49. The molecule has 1 aliphatic rings. The topological polar surface area (TPSA) is 35.2 Å². The number of rotatable bonds is 4. The molecular formula is C14H21NO. The summed E-state index contributed by atoms with van der Waals surface area (Å²) >= 11 is 0. The van der Waals surface area contributed by atoms with Crippen LogP contribution in [0.4, 0.5) is 0 Å². The Kier molecular flexibility index (Phi) is 2.94. The van der Waals surface area contributed by atoms with Crippen LogP contribution < -0.4 is 10.5 Å². The first-order chi connectivity index (χ1) is 7.65. The lowest BCUT2D eigenvalue weighted by Gasteiger charge is -2.24. The third kappa shape index (κ3) is 1.61. The Labute approximate surface area is 97.8 Å². The van der Waals surface area contributed by atoms with Crippen LogP contribution in [0.2, 0.25) is 0 Å². The lowest BCUT2D eigenvalue weighted by molar-refractivity contribution is 0.407. The number of benzene rings is 1. The van der Waals surface area contributed by atoms with Gasteiger partial charge in [0.05, 0.1) is 7.11 Å². The van der Waals surface area contributed by atoms with E-state index in [2.05, 4.69) is 26.0 Å². The lowest BCUT2D eigenvalue weighted by Crippen LogP contribution is -2.32. The second-order valence-electron chi connectivity index (χ2n) is 4.78. The van der Waals surface area contributed by atoms with Crippen LogP contribution in [0, 0.1) is 0 Å². The number of hydrogen-bond donors (Lipinski definition) is 1. The smallest absolute Gasteiger partial charge is 0.122 e. The Hall–Kier alpha value is -1.02. The average Bonchev–Trinajstić information content (AvgIpc) is 3.09. The number of methoxy groups -OCH3 is 1. The summed E-state index contributed by atoms with van der Waals surface area (Å²) in [5, 5.41) is 0. The Morgan fingerprint density at radius 1 is 1.44 bits per heavy atom. The van der Waals surface area contributed by atoms with E-state index in [1.165, 1.54) is 24.0 Å². The fourth-order valence-electron chi connectivity index (χ4n) is 2.69. The van der Waals surface area contributed by atoms with Crippen molar-refractivity contribution < 1.29 is 4.74 Å². The van der Waals surface area contributed by atoms with Crippen molar-refractivity contribution in [1.82, 2.24) is 0 Å². The van der Waals surface area contributed by atoms with E-state index < -0.39 is 0 Å². The van der Waals surface area contributed by atoms with E-state index in [0.29, 0.717) is 0 Å². The van der Waals surface area contributed by atoms with Gasteiger partial charge in [-0.15, -0.1) is 0 Å². The zero-order valence-electron chi connectivity index (χ0n) is 10.4. The van der Waals surface area contributed by atoms with Gasteiger partial charge in [-0.2, -0.15) is 0 Å². The van der Waals surface area contributed by atoms with E-state index in [4.69, 9.17) is 10.5 Å². The highest BCUT2D eigenvalue weighted by Crippen LogP contribution is 2.52. The average molecular weight is 219 g/mol. The molecule has 1 aromatic carbocycles. The molecule has 0 aromatic heterocycles. The highest BCUT2D eigenvalue weighted by Gasteiger charge is 2.48. The Bertz CT molecular complexity index is 380. The van der Waals surface area contributed by atoms with Crippen LogP contribution in [0.25, 0.3) is 0 Å². The van der Waals surface area contributed by atoms with Gasteiger partial charge in [-0.25, -0.2) is 0 Å². The summed E-state index contributed by atoms with van der Waals surface area (Å²) in [6.07, 6.45) is 3.43. The number of ether oxygens (including phenoxy) is 1. The molecule has 1 saturated carbocycles. The van der Waals surface area contributed by atoms with Crippen molar-refractivity contribution >= 4 is 0 Å². The van der Waals surface area contributed by atoms with E-state index in [0.717, 1.165) is 12.2 Å². The van der Waals surface area contributed by atoms with Crippen molar-refractivity contribution in [2.75, 3.05) is 7.11 Å². The highest BCUT2D eigenvalue weighted by atomic mass is 16.5. The summed E-state index contributed by atoms with van der Waals surface area (Å²) < 4.78 is 5.44. The van der Waals surface area contributed by atoms with Crippen LogP contribution in [0.15, 0.2) is 18.2 Å². The summed E-state index contributed by atoms with van der Waals surface area (Å²) in [4.78, 5) is 0. The number of hydrogen-bond acceptors (Lipinski definition) is 2. The quantitative estimate of drug-likeness (QED) is 0.845. The second-order valence-corrected chi connectivity index (χ2v) is 4.78. The molecule has 2 N–H and O–H groups in total. The molecule has 0 aliphatic heterocycles. The van der Waals surface area contributed by atoms with Gasteiger partial charge in [0.1, 0.15) is 5.75 Å². The van der Waals surface area contributed by atoms with E-state index in [9.17, 15) is 0 Å². The van der Waals surface area contributed by atoms with E-state index in [1.807, 2.05) is 6.07 Å². The number of nitrogens with two attached hydrogens (primary N) is 1. The molecule has 88 valence electrons. The van der Waals surface area contributed by atoms with Crippen molar-refractivity contribution in [2.24, 2.45) is 5.73 Å². The van der Waals surface area contributed by atoms with Gasteiger partial charge < -0.3 is 10.5 Å². The van der Waals surface area contributed by atoms with E-state index in [-0.39, 0.29) is 11.5 Å². The van der Waals surface area contributed by atoms with E-state index in [1.54, 1.807) is 7.11 Å². The third-order valence-electron chi connectivity index (χ3n) is 3.90. The second kappa shape index (κ2) is 4.10. The van der Waals surface area contributed by atoms with Crippen molar-refractivity contribution in [2.45, 2.75) is 44.6 Å². The van der Waals surface area contributed by atoms with Crippen molar-refractivity contribution in [3.05, 3.63) is 29.3 Å². The molecule has 2 nitrogen and oxygen atoms in total. The molecule has 2 rings (SSSR count). The van der Waals surface area contributed by atoms with Gasteiger partial charge in [0.25, 0.3) is 0 Å². The molecule has 0 spiro atoms. The molecule has 0 saturated heterocycles. The fourth-order valence-corrected chi connectivity index (χ4v) is 2.69. The van der Waals surface area contributed by atoms with Crippen LogP contribution in [-0.4, -0.2) is 13.2 Å². The highest BCUT2D eigenvalue weighted by molar-refractivity contribution is 5.47. The van der Waals surface area contributed by atoms with Gasteiger partial charge in [-0.3, -0.25) is 0 Å². The standard InChI is InChI=1S/C14H21NO/c1-4-11-12(6-5-7-13(11)16-3)14(8-9-14)10(2)15/h5-7,10H,4,8-9,15H2,1-3H3. The summed E-state index contributed by atoms with van der Waals surface area (Å²) in [6.45, 7) is 4.30. The van der Waals surface area contributed by atoms with Gasteiger partial charge in [-0.05, 0) is 43.4 Å². The maximum atomic E-state index is 6.14. The molecule has 1 unspecified atom stereocenters. The molecule has 0 radical (unpaired) electrons. The monoisotopic (exact) mass is 219 g/mol. The van der Waals surface area contributed by atoms with Crippen LogP contribution in [0.1, 0.15) is 37.8 Å². The first kappa shape index (κ1) is 11.5. The van der Waals surface area contributed by atoms with Crippen molar-refractivity contribution in [3.8, 4) is 5.75 Å². The molecule has 0 bridgehead atoms. The normalized spacial score (nSPS) is 19.2. The Morgan fingerprint density at radius 2 is 2.12 bits per heavy atom. The van der Waals surface area contributed by atoms with Gasteiger partial charge in [0.2, 0.25) is 0 Å². The SMILES string of the molecule is CCc1c(OC)cccc1C1(C(C)N)CC1. The molecule has 1 aliphatic carbocycles. The maximum Gasteiger partial charge on any atom is 0.122 e. The summed E-state index contributed by atoms with van der Waals surface area (Å²) in [5.41, 5.74) is 9.10. The molecule has 2 heteroatoms. The molecule has 0 heterocycles. The fraction of sp³-hybridized carbons (Fsp3) is 0.571. The van der Waals surface area contributed by atoms with Gasteiger partial charge >= 0.3 is 0 Å². The molecule has 1 fully saturated rings. The van der Waals surface area contributed by atoms with Crippen LogP contribution in [-0.2, 0) is 11.8 Å². The molecule has 16 heavy (non-hydrogen) atoms. The van der Waals surface area contributed by atoms with Crippen LogP contribution in [0.5, 0.6) is 5.75 Å². The molecule has 1 atom stereocenters. The maximum absolute atomic E-state index is 6.14. The van der Waals surface area contributed by atoms with Crippen LogP contribution >= 0.6 is 0 Å². The predicted molar refractivity (Wildman–Crippen MR) is 66.9 cm³/mol. The van der Waals surface area contributed by atoms with Crippen molar-refractivity contribution in [1.29, 1.82) is 0 Å². The molecule has 0 amide bonds. The summed E-state index contributed by atoms with van der Waals surface area (Å²) in [7, 11) is 1.74.